The molecular formula is C16H21Cl2N4O2S+. The number of halogens is 2. The van der Waals surface area contributed by atoms with Crippen LogP contribution < -0.4 is 4.90 Å². The number of quaternary nitrogens is 1. The number of esters is 1. The van der Waals surface area contributed by atoms with Crippen LogP contribution in [-0.2, 0) is 36.2 Å². The van der Waals surface area contributed by atoms with Crippen molar-refractivity contribution in [1.82, 2.24) is 14.3 Å². The van der Waals surface area contributed by atoms with Crippen molar-refractivity contribution in [2.75, 3.05) is 13.7 Å². The van der Waals surface area contributed by atoms with Gasteiger partial charge in [0.25, 0.3) is 0 Å². The zero-order valence-corrected chi connectivity index (χ0v) is 16.7. The van der Waals surface area contributed by atoms with Gasteiger partial charge < -0.3 is 14.2 Å². The first-order valence-electron chi connectivity index (χ1n) is 7.86. The molecule has 1 aromatic heterocycles. The van der Waals surface area contributed by atoms with Gasteiger partial charge in [0.15, 0.2) is 6.67 Å². The lowest BCUT2D eigenvalue weighted by atomic mass is 10.2. The number of nitrogens with one attached hydrogen (secondary N) is 1. The number of carbonyl (C=O) groups is 1. The quantitative estimate of drug-likeness (QED) is 0.567. The summed E-state index contributed by atoms with van der Waals surface area (Å²) in [4.78, 5) is 12.8. The van der Waals surface area contributed by atoms with Crippen molar-refractivity contribution >= 4 is 41.4 Å². The SMILES string of the molecule is CCOC(=O)Cc1nn(C[NH+](C)Cc2cccc(Cl)c2Cl)c(=S)n1C. The lowest BCUT2D eigenvalue weighted by Gasteiger charge is -2.15. The van der Waals surface area contributed by atoms with E-state index < -0.39 is 0 Å². The van der Waals surface area contributed by atoms with Crippen molar-refractivity contribution in [3.05, 3.63) is 44.4 Å². The molecule has 9 heteroatoms. The molecule has 1 atom stereocenters. The van der Waals surface area contributed by atoms with Crippen molar-refractivity contribution in [2.24, 2.45) is 7.05 Å². The molecule has 0 saturated heterocycles. The minimum absolute atomic E-state index is 0.0974. The Kier molecular flexibility index (Phi) is 7.01. The summed E-state index contributed by atoms with van der Waals surface area (Å²) >= 11 is 17.7. The van der Waals surface area contributed by atoms with E-state index in [1.54, 1.807) is 29.3 Å². The molecular weight excluding hydrogens is 383 g/mol. The van der Waals surface area contributed by atoms with Crippen LogP contribution in [0.3, 0.4) is 0 Å². The van der Waals surface area contributed by atoms with Crippen LogP contribution in [0.25, 0.3) is 0 Å². The number of carbonyl (C=O) groups excluding carboxylic acids is 1. The average Bonchev–Trinajstić information content (AvgIpc) is 2.80. The van der Waals surface area contributed by atoms with Gasteiger partial charge in [0.1, 0.15) is 18.8 Å². The molecule has 0 bridgehead atoms. The molecule has 0 radical (unpaired) electrons. The van der Waals surface area contributed by atoms with Gasteiger partial charge in [-0.25, -0.2) is 0 Å². The van der Waals surface area contributed by atoms with Gasteiger partial charge in [-0.15, -0.1) is 0 Å². The van der Waals surface area contributed by atoms with E-state index in [1.807, 2.05) is 19.2 Å². The second kappa shape index (κ2) is 8.80. The molecule has 0 aliphatic heterocycles. The normalized spacial score (nSPS) is 12.2. The fourth-order valence-corrected chi connectivity index (χ4v) is 3.05. The summed E-state index contributed by atoms with van der Waals surface area (Å²) in [6, 6.07) is 5.58. The molecule has 6 nitrogen and oxygen atoms in total. The standard InChI is InChI=1S/C16H20Cl2N4O2S/c1-4-24-14(23)8-13-19-22(16(25)21(13)3)10-20(2)9-11-6-5-7-12(17)15(11)18/h5-7H,4,8-10H2,1-3H3/p+1. The first-order chi connectivity index (χ1) is 11.8. The van der Waals surface area contributed by atoms with Crippen molar-refractivity contribution in [3.8, 4) is 0 Å². The third kappa shape index (κ3) is 5.04. The maximum Gasteiger partial charge on any atom is 0.313 e. The van der Waals surface area contributed by atoms with E-state index >= 15 is 0 Å². The van der Waals surface area contributed by atoms with Gasteiger partial charge in [0, 0.05) is 12.6 Å². The largest absolute Gasteiger partial charge is 0.466 e. The number of ether oxygens (including phenoxy) is 1. The molecule has 2 rings (SSSR count). The van der Waals surface area contributed by atoms with Gasteiger partial charge in [-0.05, 0) is 25.2 Å². The molecule has 136 valence electrons. The molecule has 25 heavy (non-hydrogen) atoms. The number of rotatable bonds is 7. The van der Waals surface area contributed by atoms with Crippen LogP contribution in [0.15, 0.2) is 18.2 Å². The van der Waals surface area contributed by atoms with Gasteiger partial charge in [0.2, 0.25) is 4.77 Å². The summed E-state index contributed by atoms with van der Waals surface area (Å²) in [5, 5.41) is 5.55. The third-order valence-electron chi connectivity index (χ3n) is 3.68. The number of benzene rings is 1. The third-order valence-corrected chi connectivity index (χ3v) is 5.02. The Hall–Kier alpha value is -1.41. The Bertz CT molecular complexity index is 819. The van der Waals surface area contributed by atoms with Crippen LogP contribution >= 0.6 is 35.4 Å². The zero-order valence-electron chi connectivity index (χ0n) is 14.4. The molecule has 1 unspecified atom stereocenters. The van der Waals surface area contributed by atoms with Crippen LogP contribution in [0.5, 0.6) is 0 Å². The van der Waals surface area contributed by atoms with E-state index in [1.165, 1.54) is 0 Å². The Morgan fingerprint density at radius 3 is 2.80 bits per heavy atom. The van der Waals surface area contributed by atoms with Crippen molar-refractivity contribution in [2.45, 2.75) is 26.6 Å². The fraction of sp³-hybridized carbons (Fsp3) is 0.438. The van der Waals surface area contributed by atoms with Gasteiger partial charge in [-0.2, -0.15) is 9.78 Å². The van der Waals surface area contributed by atoms with Crippen LogP contribution in [0.1, 0.15) is 18.3 Å². The van der Waals surface area contributed by atoms with Crippen molar-refractivity contribution in [1.29, 1.82) is 0 Å². The van der Waals surface area contributed by atoms with Gasteiger partial charge in [-0.3, -0.25) is 4.79 Å². The zero-order chi connectivity index (χ0) is 18.6. The molecule has 1 aromatic carbocycles. The van der Waals surface area contributed by atoms with Gasteiger partial charge in [-0.1, -0.05) is 35.3 Å². The Balaban J connectivity index is 2.10. The molecule has 0 aliphatic rings. The predicted octanol–water partition coefficient (Wildman–Crippen LogP) is 2.04. The summed E-state index contributed by atoms with van der Waals surface area (Å²) in [6.45, 7) is 3.33. The first-order valence-corrected chi connectivity index (χ1v) is 9.02. The number of hydrogen-bond donors (Lipinski definition) is 1. The Morgan fingerprint density at radius 1 is 1.40 bits per heavy atom. The van der Waals surface area contributed by atoms with Gasteiger partial charge in [0.05, 0.1) is 23.7 Å². The van der Waals surface area contributed by atoms with Crippen LogP contribution in [0.2, 0.25) is 10.0 Å². The summed E-state index contributed by atoms with van der Waals surface area (Å²) in [5.41, 5.74) is 0.959. The van der Waals surface area contributed by atoms with Crippen LogP contribution in [-0.4, -0.2) is 34.0 Å². The first kappa shape index (κ1) is 19.9. The maximum atomic E-state index is 11.7. The highest BCUT2D eigenvalue weighted by atomic mass is 35.5. The lowest BCUT2D eigenvalue weighted by molar-refractivity contribution is -0.917. The van der Waals surface area contributed by atoms with E-state index in [-0.39, 0.29) is 12.4 Å². The molecule has 1 heterocycles. The van der Waals surface area contributed by atoms with Crippen LogP contribution in [0.4, 0.5) is 0 Å². The van der Waals surface area contributed by atoms with Gasteiger partial charge >= 0.3 is 5.97 Å². The molecule has 0 saturated carbocycles. The second-order valence-corrected chi connectivity index (χ2v) is 6.89. The topological polar surface area (TPSA) is 53.5 Å². The average molecular weight is 404 g/mol. The molecule has 0 amide bonds. The van der Waals surface area contributed by atoms with Crippen LogP contribution in [0, 0.1) is 4.77 Å². The smallest absolute Gasteiger partial charge is 0.313 e. The summed E-state index contributed by atoms with van der Waals surface area (Å²) < 4.78 is 8.95. The predicted molar refractivity (Wildman–Crippen MR) is 99.4 cm³/mol. The Labute approximate surface area is 161 Å². The monoisotopic (exact) mass is 403 g/mol. The number of nitrogens with zero attached hydrogens (tertiary/aromatic N) is 3. The molecule has 0 spiro atoms. The van der Waals surface area contributed by atoms with E-state index in [9.17, 15) is 4.79 Å². The van der Waals surface area contributed by atoms with Crippen molar-refractivity contribution < 1.29 is 14.4 Å². The summed E-state index contributed by atoms with van der Waals surface area (Å²) in [6.07, 6.45) is 0.0974. The van der Waals surface area contributed by atoms with E-state index in [2.05, 4.69) is 5.10 Å². The molecule has 1 N–H and O–H groups in total. The Morgan fingerprint density at radius 2 is 2.12 bits per heavy atom. The number of hydrogen-bond acceptors (Lipinski definition) is 4. The van der Waals surface area contributed by atoms with E-state index in [0.29, 0.717) is 40.5 Å². The van der Waals surface area contributed by atoms with E-state index in [4.69, 9.17) is 40.2 Å². The maximum absolute atomic E-state index is 11.7. The second-order valence-electron chi connectivity index (χ2n) is 5.74. The highest BCUT2D eigenvalue weighted by Gasteiger charge is 2.16. The minimum Gasteiger partial charge on any atom is -0.466 e. The van der Waals surface area contributed by atoms with E-state index in [0.717, 1.165) is 10.5 Å². The molecule has 0 fully saturated rings. The molecule has 0 aliphatic carbocycles. The highest BCUT2D eigenvalue weighted by Crippen LogP contribution is 2.24. The summed E-state index contributed by atoms with van der Waals surface area (Å²) in [5.74, 6) is 0.265. The highest BCUT2D eigenvalue weighted by molar-refractivity contribution is 7.71. The fourth-order valence-electron chi connectivity index (χ4n) is 2.45. The number of aromatic nitrogens is 3. The molecule has 2 aromatic rings. The summed E-state index contributed by atoms with van der Waals surface area (Å²) in [7, 11) is 3.81. The lowest BCUT2D eigenvalue weighted by Crippen LogP contribution is -3.07. The minimum atomic E-state index is -0.316. The van der Waals surface area contributed by atoms with Crippen molar-refractivity contribution in [3.63, 3.8) is 0 Å².